The van der Waals surface area contributed by atoms with Crippen molar-refractivity contribution in [1.82, 2.24) is 19.7 Å². The van der Waals surface area contributed by atoms with E-state index < -0.39 is 12.5 Å². The van der Waals surface area contributed by atoms with Gasteiger partial charge in [-0.2, -0.15) is 5.10 Å². The van der Waals surface area contributed by atoms with Gasteiger partial charge in [-0.15, -0.1) is 0 Å². The minimum atomic E-state index is -2.56. The van der Waals surface area contributed by atoms with E-state index in [1.54, 1.807) is 12.3 Å². The molecule has 2 aliphatic rings. The number of hydrogen-bond acceptors (Lipinski definition) is 6. The Bertz CT molecular complexity index is 1370. The Morgan fingerprint density at radius 3 is 2.78 bits per heavy atom. The number of ether oxygens (including phenoxy) is 1. The molecular formula is C29H35N5O2. The lowest BCUT2D eigenvalue weighted by Crippen LogP contribution is -2.37. The van der Waals surface area contributed by atoms with Gasteiger partial charge in [0.2, 0.25) is 0 Å². The Kier molecular flexibility index (Phi) is 5.98. The maximum Gasteiger partial charge on any atom is 0.166 e. The number of nitrogen functional groups attached to an aromatic ring is 1. The van der Waals surface area contributed by atoms with Crippen LogP contribution >= 0.6 is 0 Å². The highest BCUT2D eigenvalue weighted by atomic mass is 16.5. The number of benzene rings is 1. The highest BCUT2D eigenvalue weighted by Gasteiger charge is 2.34. The summed E-state index contributed by atoms with van der Waals surface area (Å²) in [5.74, 6) is 6.00. The molecule has 3 N–H and O–H groups in total. The summed E-state index contributed by atoms with van der Waals surface area (Å²) >= 11 is 0. The number of aromatic nitrogens is 3. The summed E-state index contributed by atoms with van der Waals surface area (Å²) in [7, 11) is 2.14. The Hall–Kier alpha value is -3.34. The van der Waals surface area contributed by atoms with Crippen molar-refractivity contribution in [1.29, 1.82) is 0 Å². The van der Waals surface area contributed by atoms with Crippen molar-refractivity contribution in [3.05, 3.63) is 60.0 Å². The molecule has 2 fully saturated rings. The number of anilines is 1. The van der Waals surface area contributed by atoms with Crippen LogP contribution in [0.3, 0.4) is 0 Å². The standard InChI is InChI=1S/C29H35N5O2/c1-29(35,25-7-4-8-25)12-9-21-5-3-6-22(15-21)20-36-27-16-23(17-31-28(27)30)24-18-32-34(19-24)26-10-13-33(2)14-11-26/h3,5-6,15-19,25-26,35H,4,7-8,10-11,13-14,20H2,1-2H3,(H2,30,31)/i1D3. The van der Waals surface area contributed by atoms with E-state index in [4.69, 9.17) is 14.6 Å². The average Bonchev–Trinajstić information content (AvgIpc) is 3.36. The maximum absolute atomic E-state index is 10.9. The number of likely N-dealkylation sites (tertiary alicyclic amines) is 1. The molecule has 0 radical (unpaired) electrons. The van der Waals surface area contributed by atoms with Gasteiger partial charge in [-0.1, -0.05) is 30.4 Å². The van der Waals surface area contributed by atoms with Crippen molar-refractivity contribution in [2.24, 2.45) is 5.92 Å². The molecule has 7 nitrogen and oxygen atoms in total. The van der Waals surface area contributed by atoms with Gasteiger partial charge >= 0.3 is 0 Å². The number of nitrogens with zero attached hydrogens (tertiary/aromatic N) is 4. The largest absolute Gasteiger partial charge is 0.485 e. The van der Waals surface area contributed by atoms with Crippen LogP contribution in [0.2, 0.25) is 0 Å². The lowest BCUT2D eigenvalue weighted by Gasteiger charge is -2.35. The van der Waals surface area contributed by atoms with Crippen LogP contribution < -0.4 is 10.5 Å². The zero-order chi connectivity index (χ0) is 27.6. The van der Waals surface area contributed by atoms with Gasteiger partial charge < -0.3 is 20.5 Å². The van der Waals surface area contributed by atoms with E-state index >= 15 is 0 Å². The molecule has 1 saturated carbocycles. The minimum absolute atomic E-state index is 0.228. The van der Waals surface area contributed by atoms with E-state index in [1.807, 2.05) is 35.1 Å². The fraction of sp³-hybridized carbons (Fsp3) is 0.448. The summed E-state index contributed by atoms with van der Waals surface area (Å²) < 4.78 is 31.5. The van der Waals surface area contributed by atoms with Crippen LogP contribution in [0.5, 0.6) is 5.75 Å². The predicted molar refractivity (Wildman–Crippen MR) is 141 cm³/mol. The Morgan fingerprint density at radius 2 is 2.03 bits per heavy atom. The SMILES string of the molecule is [2H]C([2H])([2H])C(O)(C#Cc1cccc(COc2cc(-c3cnn(C4CCN(C)CC4)c3)cnc2N)c1)C1CCC1. The molecular weight excluding hydrogens is 450 g/mol. The van der Waals surface area contributed by atoms with E-state index in [2.05, 4.69) is 40.1 Å². The molecule has 1 aliphatic carbocycles. The average molecular weight is 489 g/mol. The van der Waals surface area contributed by atoms with E-state index in [9.17, 15) is 5.11 Å². The summed E-state index contributed by atoms with van der Waals surface area (Å²) in [6.07, 6.45) is 10.0. The summed E-state index contributed by atoms with van der Waals surface area (Å²) in [5, 5.41) is 15.5. The number of rotatable bonds is 6. The smallest absolute Gasteiger partial charge is 0.166 e. The summed E-state index contributed by atoms with van der Waals surface area (Å²) in [5.41, 5.74) is 7.39. The molecule has 188 valence electrons. The molecule has 0 amide bonds. The summed E-state index contributed by atoms with van der Waals surface area (Å²) in [4.78, 5) is 6.67. The van der Waals surface area contributed by atoms with Crippen LogP contribution in [0.25, 0.3) is 11.1 Å². The molecule has 1 aliphatic heterocycles. The second-order valence-corrected chi connectivity index (χ2v) is 9.98. The van der Waals surface area contributed by atoms with Crippen LogP contribution in [0.4, 0.5) is 5.82 Å². The molecule has 5 rings (SSSR count). The molecule has 3 aromatic rings. The van der Waals surface area contributed by atoms with Gasteiger partial charge in [0.25, 0.3) is 0 Å². The Balaban J connectivity index is 1.28. The van der Waals surface area contributed by atoms with Crippen molar-refractivity contribution in [2.45, 2.75) is 57.2 Å². The zero-order valence-electron chi connectivity index (χ0n) is 23.7. The third-order valence-electron chi connectivity index (χ3n) is 7.29. The Labute approximate surface area is 217 Å². The summed E-state index contributed by atoms with van der Waals surface area (Å²) in [6.45, 7) is -0.208. The van der Waals surface area contributed by atoms with Gasteiger partial charge in [-0.3, -0.25) is 4.68 Å². The van der Waals surface area contributed by atoms with Crippen LogP contribution in [0.15, 0.2) is 48.9 Å². The molecule has 1 atom stereocenters. The number of aliphatic hydroxyl groups is 1. The lowest BCUT2D eigenvalue weighted by molar-refractivity contribution is 0.0163. The first kappa shape index (κ1) is 20.8. The van der Waals surface area contributed by atoms with Gasteiger partial charge in [0.15, 0.2) is 11.6 Å². The quantitative estimate of drug-likeness (QED) is 0.504. The molecule has 7 heteroatoms. The van der Waals surface area contributed by atoms with Gasteiger partial charge in [-0.25, -0.2) is 4.98 Å². The predicted octanol–water partition coefficient (Wildman–Crippen LogP) is 4.28. The zero-order valence-corrected chi connectivity index (χ0v) is 20.7. The number of hydrogen-bond donors (Lipinski definition) is 2. The number of piperidine rings is 1. The molecule has 1 aromatic carbocycles. The first-order valence-corrected chi connectivity index (χ1v) is 12.6. The second kappa shape index (κ2) is 10.3. The highest BCUT2D eigenvalue weighted by Crippen LogP contribution is 2.35. The van der Waals surface area contributed by atoms with Crippen molar-refractivity contribution in [2.75, 3.05) is 25.9 Å². The first-order chi connectivity index (χ1) is 18.6. The highest BCUT2D eigenvalue weighted by molar-refractivity contribution is 5.65. The van der Waals surface area contributed by atoms with Crippen LogP contribution in [-0.2, 0) is 6.61 Å². The molecule has 3 heterocycles. The molecule has 2 aromatic heterocycles. The van der Waals surface area contributed by atoms with Crippen molar-refractivity contribution in [3.8, 4) is 28.7 Å². The second-order valence-electron chi connectivity index (χ2n) is 9.98. The van der Waals surface area contributed by atoms with E-state index in [1.165, 1.54) is 0 Å². The van der Waals surface area contributed by atoms with Gasteiger partial charge in [0, 0.05) is 33.2 Å². The number of pyridine rings is 1. The minimum Gasteiger partial charge on any atom is -0.485 e. The monoisotopic (exact) mass is 488 g/mol. The Morgan fingerprint density at radius 1 is 1.19 bits per heavy atom. The third kappa shape index (κ3) is 5.56. The first-order valence-electron chi connectivity index (χ1n) is 14.1. The van der Waals surface area contributed by atoms with Crippen LogP contribution in [-0.4, -0.2) is 50.5 Å². The van der Waals surface area contributed by atoms with Gasteiger partial charge in [0.1, 0.15) is 12.2 Å². The molecule has 1 saturated heterocycles. The fourth-order valence-corrected chi connectivity index (χ4v) is 4.67. The molecule has 0 spiro atoms. The van der Waals surface area contributed by atoms with Gasteiger partial charge in [-0.05, 0) is 82.4 Å². The van der Waals surface area contributed by atoms with Crippen LogP contribution in [0.1, 0.15) is 60.2 Å². The third-order valence-corrected chi connectivity index (χ3v) is 7.29. The van der Waals surface area contributed by atoms with Crippen molar-refractivity contribution >= 4 is 5.82 Å². The van der Waals surface area contributed by atoms with Crippen LogP contribution in [0, 0.1) is 17.8 Å². The van der Waals surface area contributed by atoms with Gasteiger partial charge in [0.05, 0.1) is 12.2 Å². The topological polar surface area (TPSA) is 89.4 Å². The number of nitrogens with two attached hydrogens (primary N) is 1. The molecule has 36 heavy (non-hydrogen) atoms. The van der Waals surface area contributed by atoms with E-state index in [0.29, 0.717) is 36.0 Å². The fourth-order valence-electron chi connectivity index (χ4n) is 4.67. The molecule has 0 bridgehead atoms. The molecule has 1 unspecified atom stereocenters. The normalized spacial score (nSPS) is 20.2. The van der Waals surface area contributed by atoms with E-state index in [-0.39, 0.29) is 12.5 Å². The maximum atomic E-state index is 10.9. The van der Waals surface area contributed by atoms with Crippen molar-refractivity contribution in [3.63, 3.8) is 0 Å². The lowest BCUT2D eigenvalue weighted by atomic mass is 9.74. The van der Waals surface area contributed by atoms with E-state index in [0.717, 1.165) is 49.0 Å². The van der Waals surface area contributed by atoms with Crippen molar-refractivity contribution < 1.29 is 14.0 Å². The summed E-state index contributed by atoms with van der Waals surface area (Å²) in [6, 6.07) is 9.61.